The average Bonchev–Trinajstić information content (AvgIpc) is 2.83. The molecule has 0 aliphatic carbocycles. The van der Waals surface area contributed by atoms with Crippen LogP contribution in [0.15, 0.2) is 0 Å². The maximum absolute atomic E-state index is 5.99. The van der Waals surface area contributed by atoms with Gasteiger partial charge >= 0.3 is 0 Å². The third-order valence-electron chi connectivity index (χ3n) is 4.52. The maximum atomic E-state index is 5.99. The molecule has 3 nitrogen and oxygen atoms in total. The van der Waals surface area contributed by atoms with Gasteiger partial charge in [0.25, 0.3) is 0 Å². The van der Waals surface area contributed by atoms with Crippen molar-refractivity contribution >= 4 is 0 Å². The fraction of sp³-hybridized carbons (Fsp3) is 1.00. The van der Waals surface area contributed by atoms with Crippen LogP contribution in [0.4, 0.5) is 0 Å². The molecule has 0 aromatic carbocycles. The highest BCUT2D eigenvalue weighted by atomic mass is 16.5. The molecule has 0 aromatic heterocycles. The van der Waals surface area contributed by atoms with Gasteiger partial charge in [0.05, 0.1) is 12.2 Å². The number of fused-ring (bicyclic) bond motifs is 2. The molecule has 3 rings (SSSR count). The normalized spacial score (nSPS) is 47.4. The summed E-state index contributed by atoms with van der Waals surface area (Å²) in [6.07, 6.45) is 4.95. The third-order valence-corrected chi connectivity index (χ3v) is 4.52. The van der Waals surface area contributed by atoms with Gasteiger partial charge in [-0.2, -0.15) is 0 Å². The number of nitrogens with one attached hydrogen (secondary N) is 1. The second kappa shape index (κ2) is 3.69. The molecule has 92 valence electrons. The van der Waals surface area contributed by atoms with Gasteiger partial charge in [-0.05, 0) is 40.0 Å². The number of hydrogen-bond donors (Lipinski definition) is 1. The molecule has 0 spiro atoms. The zero-order chi connectivity index (χ0) is 11.3. The standard InChI is InChI=1S/C13H24N2O/c1-9-7-14-13(2,3)8-15(9)11-6-10-4-5-12(11)16-10/h9-12,14H,4-8H2,1-3H3. The largest absolute Gasteiger partial charge is 0.373 e. The SMILES string of the molecule is CC1CNC(C)(C)CN1C1CC2CCC1O2. The number of piperazine rings is 1. The van der Waals surface area contributed by atoms with Crippen LogP contribution in [0.3, 0.4) is 0 Å². The Morgan fingerprint density at radius 3 is 2.75 bits per heavy atom. The molecule has 0 radical (unpaired) electrons. The fourth-order valence-corrected chi connectivity index (χ4v) is 3.61. The highest BCUT2D eigenvalue weighted by Gasteiger charge is 2.46. The van der Waals surface area contributed by atoms with E-state index in [0.29, 0.717) is 24.3 Å². The first-order valence-corrected chi connectivity index (χ1v) is 6.71. The van der Waals surface area contributed by atoms with Gasteiger partial charge in [0.2, 0.25) is 0 Å². The summed E-state index contributed by atoms with van der Waals surface area (Å²) in [5.74, 6) is 0. The molecule has 2 bridgehead atoms. The first-order valence-electron chi connectivity index (χ1n) is 6.71. The van der Waals surface area contributed by atoms with Crippen molar-refractivity contribution in [1.29, 1.82) is 0 Å². The van der Waals surface area contributed by atoms with Crippen molar-refractivity contribution in [2.75, 3.05) is 13.1 Å². The lowest BCUT2D eigenvalue weighted by molar-refractivity contribution is 0.0212. The first kappa shape index (κ1) is 11.0. The van der Waals surface area contributed by atoms with Crippen LogP contribution in [0.5, 0.6) is 0 Å². The summed E-state index contributed by atoms with van der Waals surface area (Å²) in [4.78, 5) is 2.69. The maximum Gasteiger partial charge on any atom is 0.0736 e. The van der Waals surface area contributed by atoms with Crippen molar-refractivity contribution in [3.8, 4) is 0 Å². The van der Waals surface area contributed by atoms with Crippen molar-refractivity contribution in [2.24, 2.45) is 0 Å². The van der Waals surface area contributed by atoms with Gasteiger partial charge in [0, 0.05) is 30.7 Å². The molecule has 4 atom stereocenters. The summed E-state index contributed by atoms with van der Waals surface area (Å²) < 4.78 is 5.99. The van der Waals surface area contributed by atoms with Crippen LogP contribution >= 0.6 is 0 Å². The molecule has 3 aliphatic heterocycles. The Bertz CT molecular complexity index is 279. The van der Waals surface area contributed by atoms with Crippen molar-refractivity contribution in [2.45, 2.75) is 69.9 Å². The molecule has 0 amide bonds. The van der Waals surface area contributed by atoms with Crippen LogP contribution in [0.2, 0.25) is 0 Å². The second-order valence-electron chi connectivity index (χ2n) is 6.46. The topological polar surface area (TPSA) is 24.5 Å². The summed E-state index contributed by atoms with van der Waals surface area (Å²) in [7, 11) is 0. The van der Waals surface area contributed by atoms with Crippen LogP contribution in [0.25, 0.3) is 0 Å². The van der Waals surface area contributed by atoms with Crippen LogP contribution in [0, 0.1) is 0 Å². The van der Waals surface area contributed by atoms with Crippen LogP contribution < -0.4 is 5.32 Å². The lowest BCUT2D eigenvalue weighted by Gasteiger charge is -2.47. The van der Waals surface area contributed by atoms with E-state index in [1.54, 1.807) is 0 Å². The highest BCUT2D eigenvalue weighted by Crippen LogP contribution is 2.38. The molecule has 0 aromatic rings. The van der Waals surface area contributed by atoms with E-state index in [0.717, 1.165) is 13.1 Å². The highest BCUT2D eigenvalue weighted by molar-refractivity contribution is 5.01. The fourth-order valence-electron chi connectivity index (χ4n) is 3.61. The van der Waals surface area contributed by atoms with E-state index in [1.165, 1.54) is 19.3 Å². The minimum Gasteiger partial charge on any atom is -0.373 e. The zero-order valence-electron chi connectivity index (χ0n) is 10.7. The predicted octanol–water partition coefficient (Wildman–Crippen LogP) is 1.38. The second-order valence-corrected chi connectivity index (χ2v) is 6.46. The molecule has 1 N–H and O–H groups in total. The summed E-state index contributed by atoms with van der Waals surface area (Å²) in [5, 5.41) is 3.62. The van der Waals surface area contributed by atoms with Gasteiger partial charge in [-0.1, -0.05) is 0 Å². The Morgan fingerprint density at radius 1 is 1.31 bits per heavy atom. The monoisotopic (exact) mass is 224 g/mol. The van der Waals surface area contributed by atoms with Crippen molar-refractivity contribution in [3.63, 3.8) is 0 Å². The van der Waals surface area contributed by atoms with E-state index in [2.05, 4.69) is 31.0 Å². The molecule has 3 fully saturated rings. The van der Waals surface area contributed by atoms with Gasteiger partial charge < -0.3 is 10.1 Å². The molecular weight excluding hydrogens is 200 g/mol. The van der Waals surface area contributed by atoms with E-state index in [-0.39, 0.29) is 5.54 Å². The van der Waals surface area contributed by atoms with Crippen LogP contribution in [0.1, 0.15) is 40.0 Å². The van der Waals surface area contributed by atoms with Crippen molar-refractivity contribution < 1.29 is 4.74 Å². The number of rotatable bonds is 1. The van der Waals surface area contributed by atoms with Gasteiger partial charge in [-0.3, -0.25) is 4.90 Å². The third kappa shape index (κ3) is 1.79. The van der Waals surface area contributed by atoms with Crippen molar-refractivity contribution in [3.05, 3.63) is 0 Å². The minimum atomic E-state index is 0.258. The first-order chi connectivity index (χ1) is 7.55. The summed E-state index contributed by atoms with van der Waals surface area (Å²) in [6, 6.07) is 1.34. The van der Waals surface area contributed by atoms with Gasteiger partial charge in [-0.25, -0.2) is 0 Å². The quantitative estimate of drug-likeness (QED) is 0.728. The molecule has 3 aliphatic rings. The summed E-state index contributed by atoms with van der Waals surface area (Å²) in [5.41, 5.74) is 0.258. The Kier molecular flexibility index (Phi) is 2.54. The number of nitrogens with zero attached hydrogens (tertiary/aromatic N) is 1. The van der Waals surface area contributed by atoms with Gasteiger partial charge in [0.1, 0.15) is 0 Å². The van der Waals surface area contributed by atoms with Crippen LogP contribution in [-0.4, -0.2) is 47.8 Å². The Balaban J connectivity index is 1.73. The van der Waals surface area contributed by atoms with Gasteiger partial charge in [-0.15, -0.1) is 0 Å². The van der Waals surface area contributed by atoms with Gasteiger partial charge in [0.15, 0.2) is 0 Å². The summed E-state index contributed by atoms with van der Waals surface area (Å²) >= 11 is 0. The minimum absolute atomic E-state index is 0.258. The molecule has 0 saturated carbocycles. The van der Waals surface area contributed by atoms with Crippen molar-refractivity contribution in [1.82, 2.24) is 10.2 Å². The average molecular weight is 224 g/mol. The van der Waals surface area contributed by atoms with E-state index < -0.39 is 0 Å². The predicted molar refractivity (Wildman–Crippen MR) is 64.5 cm³/mol. The number of ether oxygens (including phenoxy) is 1. The van der Waals surface area contributed by atoms with Crippen LogP contribution in [-0.2, 0) is 4.74 Å². The lowest BCUT2D eigenvalue weighted by atomic mass is 9.90. The molecule has 3 saturated heterocycles. The molecular formula is C13H24N2O. The molecule has 3 heterocycles. The zero-order valence-corrected chi connectivity index (χ0v) is 10.7. The molecule has 16 heavy (non-hydrogen) atoms. The Morgan fingerprint density at radius 2 is 2.12 bits per heavy atom. The smallest absolute Gasteiger partial charge is 0.0736 e. The summed E-state index contributed by atoms with van der Waals surface area (Å²) in [6.45, 7) is 9.22. The van der Waals surface area contributed by atoms with E-state index in [9.17, 15) is 0 Å². The van der Waals surface area contributed by atoms with E-state index >= 15 is 0 Å². The number of hydrogen-bond acceptors (Lipinski definition) is 3. The molecule has 3 heteroatoms. The van der Waals surface area contributed by atoms with E-state index in [4.69, 9.17) is 4.74 Å². The Labute approximate surface area is 98.5 Å². The Hall–Kier alpha value is -0.120. The van der Waals surface area contributed by atoms with E-state index in [1.807, 2.05) is 0 Å². The molecule has 4 unspecified atom stereocenters. The lowest BCUT2D eigenvalue weighted by Crippen LogP contribution is -2.64.